The zero-order valence-corrected chi connectivity index (χ0v) is 12.1. The molecule has 0 bridgehead atoms. The van der Waals surface area contributed by atoms with Crippen LogP contribution in [0.4, 0.5) is 10.5 Å². The first-order valence-corrected chi connectivity index (χ1v) is 6.92. The SMILES string of the molecule is CCOC(=O)N1CCN(c2ccc(Cl)cc2C)CC1. The van der Waals surface area contributed by atoms with Gasteiger partial charge in [0.2, 0.25) is 0 Å². The van der Waals surface area contributed by atoms with E-state index < -0.39 is 0 Å². The number of carbonyl (C=O) groups excluding carboxylic acids is 1. The molecule has 0 aliphatic carbocycles. The predicted molar refractivity (Wildman–Crippen MR) is 77.0 cm³/mol. The molecule has 1 aliphatic rings. The van der Waals surface area contributed by atoms with Gasteiger partial charge in [-0.25, -0.2) is 4.79 Å². The molecule has 104 valence electrons. The molecule has 0 unspecified atom stereocenters. The lowest BCUT2D eigenvalue weighted by Crippen LogP contribution is -2.49. The number of ether oxygens (including phenoxy) is 1. The number of piperazine rings is 1. The van der Waals surface area contributed by atoms with Crippen molar-refractivity contribution in [3.05, 3.63) is 28.8 Å². The second kappa shape index (κ2) is 6.15. The Morgan fingerprint density at radius 1 is 1.32 bits per heavy atom. The van der Waals surface area contributed by atoms with Crippen LogP contribution < -0.4 is 4.90 Å². The monoisotopic (exact) mass is 282 g/mol. The van der Waals surface area contributed by atoms with Crippen molar-refractivity contribution in [2.75, 3.05) is 37.7 Å². The first-order chi connectivity index (χ1) is 9.11. The Balaban J connectivity index is 1.98. The average Bonchev–Trinajstić information content (AvgIpc) is 2.39. The maximum atomic E-state index is 11.6. The number of benzene rings is 1. The van der Waals surface area contributed by atoms with Gasteiger partial charge in [-0.15, -0.1) is 0 Å². The van der Waals surface area contributed by atoms with Crippen LogP contribution >= 0.6 is 11.6 Å². The van der Waals surface area contributed by atoms with E-state index in [2.05, 4.69) is 11.8 Å². The number of nitrogens with zero attached hydrogens (tertiary/aromatic N) is 2. The second-order valence-corrected chi connectivity index (χ2v) is 5.04. The molecule has 1 saturated heterocycles. The molecule has 0 radical (unpaired) electrons. The van der Waals surface area contributed by atoms with E-state index in [1.54, 1.807) is 4.90 Å². The normalized spacial score (nSPS) is 15.5. The number of aryl methyl sites for hydroxylation is 1. The van der Waals surface area contributed by atoms with Crippen molar-refractivity contribution >= 4 is 23.4 Å². The summed E-state index contributed by atoms with van der Waals surface area (Å²) < 4.78 is 5.01. The van der Waals surface area contributed by atoms with E-state index in [0.717, 1.165) is 23.7 Å². The van der Waals surface area contributed by atoms with Crippen molar-refractivity contribution in [1.82, 2.24) is 4.90 Å². The third kappa shape index (κ3) is 3.32. The highest BCUT2D eigenvalue weighted by atomic mass is 35.5. The highest BCUT2D eigenvalue weighted by Crippen LogP contribution is 2.24. The van der Waals surface area contributed by atoms with Gasteiger partial charge < -0.3 is 14.5 Å². The molecular weight excluding hydrogens is 264 g/mol. The van der Waals surface area contributed by atoms with Crippen LogP contribution in [-0.2, 0) is 4.74 Å². The molecule has 0 saturated carbocycles. The summed E-state index contributed by atoms with van der Waals surface area (Å²) in [5.74, 6) is 0. The lowest BCUT2D eigenvalue weighted by Gasteiger charge is -2.36. The van der Waals surface area contributed by atoms with Crippen LogP contribution in [-0.4, -0.2) is 43.8 Å². The molecule has 0 atom stereocenters. The fourth-order valence-corrected chi connectivity index (χ4v) is 2.55. The largest absolute Gasteiger partial charge is 0.450 e. The van der Waals surface area contributed by atoms with Gasteiger partial charge in [0.1, 0.15) is 0 Å². The fourth-order valence-electron chi connectivity index (χ4n) is 2.32. The number of amides is 1. The lowest BCUT2D eigenvalue weighted by atomic mass is 10.1. The summed E-state index contributed by atoms with van der Waals surface area (Å²) >= 11 is 5.97. The maximum absolute atomic E-state index is 11.6. The van der Waals surface area contributed by atoms with Crippen LogP contribution in [0.25, 0.3) is 0 Å². The van der Waals surface area contributed by atoms with Crippen LogP contribution in [0.5, 0.6) is 0 Å². The third-order valence-corrected chi connectivity index (χ3v) is 3.54. The highest BCUT2D eigenvalue weighted by Gasteiger charge is 2.22. The number of carbonyl (C=O) groups is 1. The molecule has 0 spiro atoms. The number of anilines is 1. The molecule has 4 nitrogen and oxygen atoms in total. The maximum Gasteiger partial charge on any atom is 0.409 e. The first kappa shape index (κ1) is 14.0. The number of rotatable bonds is 2. The van der Waals surface area contributed by atoms with E-state index in [-0.39, 0.29) is 6.09 Å². The van der Waals surface area contributed by atoms with Crippen molar-refractivity contribution in [2.45, 2.75) is 13.8 Å². The van der Waals surface area contributed by atoms with Crippen LogP contribution in [0, 0.1) is 6.92 Å². The van der Waals surface area contributed by atoms with Gasteiger partial charge in [0.15, 0.2) is 0 Å². The first-order valence-electron chi connectivity index (χ1n) is 6.54. The Morgan fingerprint density at radius 2 is 2.00 bits per heavy atom. The van der Waals surface area contributed by atoms with Gasteiger partial charge in [-0.2, -0.15) is 0 Å². The van der Waals surface area contributed by atoms with Crippen molar-refractivity contribution in [1.29, 1.82) is 0 Å². The molecule has 1 fully saturated rings. The van der Waals surface area contributed by atoms with Crippen molar-refractivity contribution in [3.63, 3.8) is 0 Å². The van der Waals surface area contributed by atoms with Gasteiger partial charge in [-0.05, 0) is 37.6 Å². The van der Waals surface area contributed by atoms with Gasteiger partial charge in [-0.1, -0.05) is 11.6 Å². The minimum atomic E-state index is -0.213. The van der Waals surface area contributed by atoms with Crippen LogP contribution in [0.1, 0.15) is 12.5 Å². The highest BCUT2D eigenvalue weighted by molar-refractivity contribution is 6.30. The molecule has 0 N–H and O–H groups in total. The van der Waals surface area contributed by atoms with Gasteiger partial charge >= 0.3 is 6.09 Å². The van der Waals surface area contributed by atoms with E-state index in [1.165, 1.54) is 5.69 Å². The Labute approximate surface area is 118 Å². The molecule has 1 aromatic rings. The Bertz CT molecular complexity index is 457. The van der Waals surface area contributed by atoms with E-state index >= 15 is 0 Å². The van der Waals surface area contributed by atoms with Gasteiger partial charge in [-0.3, -0.25) is 0 Å². The number of hydrogen-bond donors (Lipinski definition) is 0. The predicted octanol–water partition coefficient (Wildman–Crippen LogP) is 2.93. The number of halogens is 1. The van der Waals surface area contributed by atoms with E-state index in [1.807, 2.05) is 25.1 Å². The summed E-state index contributed by atoms with van der Waals surface area (Å²) in [5, 5.41) is 0.756. The summed E-state index contributed by atoms with van der Waals surface area (Å²) in [6.07, 6.45) is -0.213. The smallest absolute Gasteiger partial charge is 0.409 e. The summed E-state index contributed by atoms with van der Waals surface area (Å²) in [6, 6.07) is 5.91. The van der Waals surface area contributed by atoms with Crippen molar-refractivity contribution in [3.8, 4) is 0 Å². The molecule has 0 aromatic heterocycles. The van der Waals surface area contributed by atoms with Gasteiger partial charge in [0.05, 0.1) is 6.61 Å². The van der Waals surface area contributed by atoms with E-state index in [4.69, 9.17) is 16.3 Å². The fraction of sp³-hybridized carbons (Fsp3) is 0.500. The molecule has 1 aromatic carbocycles. The minimum Gasteiger partial charge on any atom is -0.450 e. The van der Waals surface area contributed by atoms with Crippen LogP contribution in [0.2, 0.25) is 5.02 Å². The average molecular weight is 283 g/mol. The molecule has 1 amide bonds. The molecular formula is C14H19ClN2O2. The lowest BCUT2D eigenvalue weighted by molar-refractivity contribution is 0.105. The minimum absolute atomic E-state index is 0.213. The quantitative estimate of drug-likeness (QED) is 0.836. The Hall–Kier alpha value is -1.42. The van der Waals surface area contributed by atoms with Gasteiger partial charge in [0.25, 0.3) is 0 Å². The second-order valence-electron chi connectivity index (χ2n) is 4.60. The van der Waals surface area contributed by atoms with Crippen molar-refractivity contribution in [2.24, 2.45) is 0 Å². The van der Waals surface area contributed by atoms with Crippen molar-refractivity contribution < 1.29 is 9.53 Å². The zero-order valence-electron chi connectivity index (χ0n) is 11.4. The van der Waals surface area contributed by atoms with Crippen LogP contribution in [0.3, 0.4) is 0 Å². The van der Waals surface area contributed by atoms with Crippen LogP contribution in [0.15, 0.2) is 18.2 Å². The van der Waals surface area contributed by atoms with Gasteiger partial charge in [0, 0.05) is 36.9 Å². The number of hydrogen-bond acceptors (Lipinski definition) is 3. The summed E-state index contributed by atoms with van der Waals surface area (Å²) in [6.45, 7) is 7.34. The van der Waals surface area contributed by atoms with E-state index in [0.29, 0.717) is 19.7 Å². The Morgan fingerprint density at radius 3 is 2.58 bits per heavy atom. The van der Waals surface area contributed by atoms with E-state index in [9.17, 15) is 4.79 Å². The summed E-state index contributed by atoms with van der Waals surface area (Å²) in [4.78, 5) is 15.7. The molecule has 19 heavy (non-hydrogen) atoms. The molecule has 5 heteroatoms. The standard InChI is InChI=1S/C14H19ClN2O2/c1-3-19-14(18)17-8-6-16(7-9-17)13-5-4-12(15)10-11(13)2/h4-5,10H,3,6-9H2,1-2H3. The summed E-state index contributed by atoms with van der Waals surface area (Å²) in [5.41, 5.74) is 2.35. The molecule has 1 heterocycles. The Kier molecular flexibility index (Phi) is 4.53. The molecule has 1 aliphatic heterocycles. The summed E-state index contributed by atoms with van der Waals surface area (Å²) in [7, 11) is 0. The third-order valence-electron chi connectivity index (χ3n) is 3.31. The zero-order chi connectivity index (χ0) is 13.8. The topological polar surface area (TPSA) is 32.8 Å². The molecule has 2 rings (SSSR count).